The standard InChI is InChI=1S/C36H39BrClN3O6S/c1-5-25(2)39-36(43)32(21-26-10-7-6-8-11-26)40(23-27-12-9-13-28(37)20-27)35(42)24-41(30-16-14-29(38)15-17-30)48(44,45)31-18-19-33(46-3)34(22-31)47-4/h6-20,22,25,32H,5,21,23-24H2,1-4H3,(H,39,43). The van der Waals surface area contributed by atoms with Gasteiger partial charge in [-0.2, -0.15) is 0 Å². The Hall–Kier alpha value is -4.06. The van der Waals surface area contributed by atoms with Gasteiger partial charge in [-0.3, -0.25) is 13.9 Å². The molecule has 1 N–H and O–H groups in total. The number of anilines is 1. The van der Waals surface area contributed by atoms with Crippen molar-refractivity contribution in [3.05, 3.63) is 118 Å². The van der Waals surface area contributed by atoms with Crippen LogP contribution in [0.4, 0.5) is 5.69 Å². The van der Waals surface area contributed by atoms with Gasteiger partial charge in [-0.05, 0) is 73.0 Å². The maximum Gasteiger partial charge on any atom is 0.264 e. The van der Waals surface area contributed by atoms with Gasteiger partial charge in [-0.15, -0.1) is 0 Å². The molecule has 2 atom stereocenters. The Balaban J connectivity index is 1.83. The molecule has 0 saturated carbocycles. The van der Waals surface area contributed by atoms with Crippen molar-refractivity contribution in [1.82, 2.24) is 10.2 Å². The number of amides is 2. The number of benzene rings is 4. The van der Waals surface area contributed by atoms with Crippen LogP contribution in [0.15, 0.2) is 106 Å². The van der Waals surface area contributed by atoms with Gasteiger partial charge < -0.3 is 19.7 Å². The van der Waals surface area contributed by atoms with Crippen molar-refractivity contribution in [3.63, 3.8) is 0 Å². The molecule has 4 aromatic rings. The predicted molar refractivity (Wildman–Crippen MR) is 192 cm³/mol. The molecule has 0 radical (unpaired) electrons. The molecule has 0 heterocycles. The summed E-state index contributed by atoms with van der Waals surface area (Å²) in [4.78, 5) is 30.0. The first-order valence-corrected chi connectivity index (χ1v) is 18.0. The van der Waals surface area contributed by atoms with Crippen LogP contribution in [0.5, 0.6) is 11.5 Å². The van der Waals surface area contributed by atoms with Crippen molar-refractivity contribution in [1.29, 1.82) is 0 Å². The average molecular weight is 757 g/mol. The third-order valence-corrected chi connectivity index (χ3v) is 10.4. The highest BCUT2D eigenvalue weighted by Crippen LogP contribution is 2.33. The van der Waals surface area contributed by atoms with Gasteiger partial charge in [0.05, 0.1) is 24.8 Å². The Morgan fingerprint density at radius 1 is 0.875 bits per heavy atom. The second-order valence-electron chi connectivity index (χ2n) is 11.2. The zero-order chi connectivity index (χ0) is 34.8. The summed E-state index contributed by atoms with van der Waals surface area (Å²) in [7, 11) is -1.50. The fourth-order valence-electron chi connectivity index (χ4n) is 5.07. The molecule has 0 bridgehead atoms. The molecule has 0 spiro atoms. The van der Waals surface area contributed by atoms with Gasteiger partial charge in [-0.1, -0.05) is 76.9 Å². The number of sulfonamides is 1. The van der Waals surface area contributed by atoms with Crippen LogP contribution >= 0.6 is 27.5 Å². The average Bonchev–Trinajstić information content (AvgIpc) is 3.09. The number of hydrogen-bond acceptors (Lipinski definition) is 6. The van der Waals surface area contributed by atoms with E-state index in [1.165, 1.54) is 49.5 Å². The van der Waals surface area contributed by atoms with E-state index in [4.69, 9.17) is 21.1 Å². The van der Waals surface area contributed by atoms with E-state index in [1.807, 2.05) is 68.4 Å². The summed E-state index contributed by atoms with van der Waals surface area (Å²) < 4.78 is 41.2. The van der Waals surface area contributed by atoms with Gasteiger partial charge in [0.25, 0.3) is 10.0 Å². The van der Waals surface area contributed by atoms with Crippen LogP contribution in [0.2, 0.25) is 5.02 Å². The number of ether oxygens (including phenoxy) is 2. The van der Waals surface area contributed by atoms with E-state index < -0.39 is 28.5 Å². The van der Waals surface area contributed by atoms with Crippen molar-refractivity contribution in [3.8, 4) is 11.5 Å². The Morgan fingerprint density at radius 2 is 1.54 bits per heavy atom. The molecule has 0 aliphatic rings. The summed E-state index contributed by atoms with van der Waals surface area (Å²) in [5.74, 6) is -0.352. The Labute approximate surface area is 296 Å². The highest BCUT2D eigenvalue weighted by molar-refractivity contribution is 9.10. The molecule has 2 amide bonds. The Morgan fingerprint density at radius 3 is 2.17 bits per heavy atom. The van der Waals surface area contributed by atoms with E-state index >= 15 is 0 Å². The summed E-state index contributed by atoms with van der Waals surface area (Å²) in [6.07, 6.45) is 0.906. The SMILES string of the molecule is CCC(C)NC(=O)C(Cc1ccccc1)N(Cc1cccc(Br)c1)C(=O)CN(c1ccc(Cl)cc1)S(=O)(=O)c1ccc(OC)c(OC)c1. The number of nitrogens with one attached hydrogen (secondary N) is 1. The number of carbonyl (C=O) groups excluding carboxylic acids is 2. The third kappa shape index (κ3) is 9.30. The second kappa shape index (κ2) is 16.9. The van der Waals surface area contributed by atoms with Crippen LogP contribution in [0.3, 0.4) is 0 Å². The number of hydrogen-bond donors (Lipinski definition) is 1. The molecule has 0 saturated heterocycles. The minimum absolute atomic E-state index is 0.0502. The molecule has 0 aromatic heterocycles. The van der Waals surface area contributed by atoms with E-state index in [0.717, 1.165) is 19.9 Å². The van der Waals surface area contributed by atoms with Crippen LogP contribution in [0.25, 0.3) is 0 Å². The van der Waals surface area contributed by atoms with Crippen LogP contribution < -0.4 is 19.1 Å². The van der Waals surface area contributed by atoms with Crippen LogP contribution in [0, 0.1) is 0 Å². The molecular formula is C36H39BrClN3O6S. The lowest BCUT2D eigenvalue weighted by molar-refractivity contribution is -0.140. The Bertz CT molecular complexity index is 1810. The van der Waals surface area contributed by atoms with E-state index in [9.17, 15) is 18.0 Å². The molecule has 12 heteroatoms. The lowest BCUT2D eigenvalue weighted by Crippen LogP contribution is -2.54. The first-order chi connectivity index (χ1) is 23.0. The number of halogens is 2. The van der Waals surface area contributed by atoms with Crippen LogP contribution in [-0.4, -0.2) is 58.0 Å². The lowest BCUT2D eigenvalue weighted by atomic mass is 10.0. The molecule has 4 rings (SSSR count). The smallest absolute Gasteiger partial charge is 0.264 e. The summed E-state index contributed by atoms with van der Waals surface area (Å²) in [5.41, 5.74) is 1.82. The number of carbonyl (C=O) groups is 2. The molecular weight excluding hydrogens is 718 g/mol. The highest BCUT2D eigenvalue weighted by atomic mass is 79.9. The zero-order valence-corrected chi connectivity index (χ0v) is 30.4. The fourth-order valence-corrected chi connectivity index (χ4v) is 7.07. The summed E-state index contributed by atoms with van der Waals surface area (Å²) in [5, 5.41) is 3.44. The molecule has 4 aromatic carbocycles. The largest absolute Gasteiger partial charge is 0.493 e. The van der Waals surface area contributed by atoms with Crippen molar-refractivity contribution < 1.29 is 27.5 Å². The van der Waals surface area contributed by atoms with Gasteiger partial charge in [0.15, 0.2) is 11.5 Å². The summed E-state index contributed by atoms with van der Waals surface area (Å²) >= 11 is 9.67. The second-order valence-corrected chi connectivity index (χ2v) is 14.4. The van der Waals surface area contributed by atoms with E-state index in [0.29, 0.717) is 17.2 Å². The van der Waals surface area contributed by atoms with Gasteiger partial charge in [0.1, 0.15) is 12.6 Å². The minimum atomic E-state index is -4.36. The van der Waals surface area contributed by atoms with Crippen molar-refractivity contribution in [2.45, 2.75) is 50.2 Å². The van der Waals surface area contributed by atoms with E-state index in [2.05, 4.69) is 21.2 Å². The maximum atomic E-state index is 14.6. The van der Waals surface area contributed by atoms with Gasteiger partial charge >= 0.3 is 0 Å². The first kappa shape index (κ1) is 36.8. The fraction of sp³-hybridized carbons (Fsp3) is 0.278. The van der Waals surface area contributed by atoms with Gasteiger partial charge in [0, 0.05) is 34.6 Å². The molecule has 0 aliphatic carbocycles. The van der Waals surface area contributed by atoms with Crippen LogP contribution in [-0.2, 0) is 32.6 Å². The number of nitrogens with zero attached hydrogens (tertiary/aromatic N) is 2. The van der Waals surface area contributed by atoms with E-state index in [-0.39, 0.29) is 41.2 Å². The first-order valence-electron chi connectivity index (χ1n) is 15.3. The molecule has 0 fully saturated rings. The quantitative estimate of drug-likeness (QED) is 0.142. The molecule has 9 nitrogen and oxygen atoms in total. The maximum absolute atomic E-state index is 14.6. The number of methoxy groups -OCH3 is 2. The molecule has 254 valence electrons. The summed E-state index contributed by atoms with van der Waals surface area (Å²) in [6, 6.07) is 26.1. The third-order valence-electron chi connectivity index (χ3n) is 7.85. The molecule has 48 heavy (non-hydrogen) atoms. The van der Waals surface area contributed by atoms with E-state index in [1.54, 1.807) is 12.1 Å². The van der Waals surface area contributed by atoms with Crippen LogP contribution in [0.1, 0.15) is 31.4 Å². The molecule has 0 aliphatic heterocycles. The zero-order valence-electron chi connectivity index (χ0n) is 27.2. The highest BCUT2D eigenvalue weighted by Gasteiger charge is 2.35. The number of rotatable bonds is 15. The summed E-state index contributed by atoms with van der Waals surface area (Å²) in [6.45, 7) is 3.31. The lowest BCUT2D eigenvalue weighted by Gasteiger charge is -2.34. The Kier molecular flexibility index (Phi) is 12.9. The van der Waals surface area contributed by atoms with Crippen molar-refractivity contribution in [2.24, 2.45) is 0 Å². The topological polar surface area (TPSA) is 105 Å². The monoisotopic (exact) mass is 755 g/mol. The molecule has 2 unspecified atom stereocenters. The van der Waals surface area contributed by atoms with Gasteiger partial charge in [0.2, 0.25) is 11.8 Å². The predicted octanol–water partition coefficient (Wildman–Crippen LogP) is 6.87. The minimum Gasteiger partial charge on any atom is -0.493 e. The van der Waals surface area contributed by atoms with Crippen molar-refractivity contribution in [2.75, 3.05) is 25.1 Å². The van der Waals surface area contributed by atoms with Crippen molar-refractivity contribution >= 4 is 55.1 Å². The normalized spacial score (nSPS) is 12.5. The van der Waals surface area contributed by atoms with Gasteiger partial charge in [-0.25, -0.2) is 8.42 Å².